The van der Waals surface area contributed by atoms with Crippen LogP contribution in [0.5, 0.6) is 0 Å². The maximum Gasteiger partial charge on any atom is 0.294 e. The molecule has 8 heteroatoms. The third-order valence-electron chi connectivity index (χ3n) is 4.40. The van der Waals surface area contributed by atoms with Crippen LogP contribution in [0.2, 0.25) is 0 Å². The minimum atomic E-state index is -0.505. The van der Waals surface area contributed by atoms with Crippen LogP contribution >= 0.6 is 0 Å². The molecule has 0 radical (unpaired) electrons. The lowest BCUT2D eigenvalue weighted by Gasteiger charge is -2.18. The monoisotopic (exact) mass is 330 g/mol. The van der Waals surface area contributed by atoms with Crippen LogP contribution in [0.1, 0.15) is 23.7 Å². The van der Waals surface area contributed by atoms with Crippen LogP contribution in [0.4, 0.5) is 5.69 Å². The van der Waals surface area contributed by atoms with Gasteiger partial charge < -0.3 is 14.6 Å². The average molecular weight is 330 g/mol. The second-order valence-corrected chi connectivity index (χ2v) is 5.97. The van der Waals surface area contributed by atoms with Gasteiger partial charge in [-0.2, -0.15) is 0 Å². The summed E-state index contributed by atoms with van der Waals surface area (Å²) in [4.78, 5) is 29.0. The summed E-state index contributed by atoms with van der Waals surface area (Å²) in [5.41, 5.74) is 0.485. The number of carbonyl (C=O) groups excluding carboxylic acids is 1. The van der Waals surface area contributed by atoms with Crippen molar-refractivity contribution in [3.05, 3.63) is 52.6 Å². The van der Waals surface area contributed by atoms with Crippen molar-refractivity contribution in [2.75, 3.05) is 13.1 Å². The number of aliphatic hydroxyl groups is 1. The Morgan fingerprint density at radius 3 is 2.88 bits per heavy atom. The van der Waals surface area contributed by atoms with Crippen LogP contribution < -0.4 is 0 Å². The maximum absolute atomic E-state index is 12.6. The highest BCUT2D eigenvalue weighted by atomic mass is 16.6. The highest BCUT2D eigenvalue weighted by Gasteiger charge is 2.30. The normalized spacial score (nSPS) is 18.6. The van der Waals surface area contributed by atoms with Crippen molar-refractivity contribution in [3.8, 4) is 5.69 Å². The molecule has 1 aliphatic rings. The number of amides is 1. The van der Waals surface area contributed by atoms with E-state index in [0.29, 0.717) is 18.8 Å². The van der Waals surface area contributed by atoms with Gasteiger partial charge in [0.25, 0.3) is 11.6 Å². The van der Waals surface area contributed by atoms with Gasteiger partial charge in [0.15, 0.2) is 0 Å². The number of rotatable bonds is 4. The Balaban J connectivity index is 1.88. The van der Waals surface area contributed by atoms with E-state index in [1.165, 1.54) is 23.2 Å². The van der Waals surface area contributed by atoms with Crippen molar-refractivity contribution >= 4 is 11.6 Å². The van der Waals surface area contributed by atoms with Gasteiger partial charge in [-0.15, -0.1) is 0 Å². The van der Waals surface area contributed by atoms with Gasteiger partial charge in [0, 0.05) is 43.0 Å². The Morgan fingerprint density at radius 1 is 1.50 bits per heavy atom. The van der Waals surface area contributed by atoms with Gasteiger partial charge >= 0.3 is 0 Å². The van der Waals surface area contributed by atoms with Crippen LogP contribution in [0.3, 0.4) is 0 Å². The first-order chi connectivity index (χ1) is 11.5. The zero-order valence-corrected chi connectivity index (χ0v) is 13.2. The molecule has 1 aromatic heterocycles. The zero-order chi connectivity index (χ0) is 17.3. The van der Waals surface area contributed by atoms with E-state index in [1.54, 1.807) is 30.2 Å². The van der Waals surface area contributed by atoms with Crippen molar-refractivity contribution in [3.63, 3.8) is 0 Å². The lowest BCUT2D eigenvalue weighted by atomic mass is 10.0. The van der Waals surface area contributed by atoms with E-state index >= 15 is 0 Å². The van der Waals surface area contributed by atoms with Crippen molar-refractivity contribution in [2.45, 2.75) is 19.4 Å². The Hall–Kier alpha value is -2.74. The molecule has 1 aliphatic heterocycles. The molecule has 0 aliphatic carbocycles. The Labute approximate surface area is 138 Å². The first-order valence-corrected chi connectivity index (χ1v) is 7.71. The molecule has 0 bridgehead atoms. The molecule has 1 amide bonds. The Bertz CT molecular complexity index is 757. The first-order valence-electron chi connectivity index (χ1n) is 7.71. The van der Waals surface area contributed by atoms with Gasteiger partial charge in [0.05, 0.1) is 17.4 Å². The number of benzene rings is 1. The summed E-state index contributed by atoms with van der Waals surface area (Å²) in [7, 11) is 0. The quantitative estimate of drug-likeness (QED) is 0.678. The van der Waals surface area contributed by atoms with Gasteiger partial charge in [-0.1, -0.05) is 0 Å². The standard InChI is InChI=1S/C16H18N4O4/c1-11(21)13-4-6-18(9-13)16(22)12-2-3-14(15(8-12)20(23)24)19-7-5-17-10-19/h2-3,5,7-8,10-11,13,21H,4,6,9H2,1H3. The van der Waals surface area contributed by atoms with E-state index in [9.17, 15) is 20.0 Å². The predicted octanol–water partition coefficient (Wildman–Crippen LogP) is 1.62. The fraction of sp³-hybridized carbons (Fsp3) is 0.375. The smallest absolute Gasteiger partial charge is 0.294 e. The molecule has 1 saturated heterocycles. The van der Waals surface area contributed by atoms with E-state index in [1.807, 2.05) is 0 Å². The number of likely N-dealkylation sites (tertiary alicyclic amines) is 1. The minimum Gasteiger partial charge on any atom is -0.393 e. The number of hydrogen-bond acceptors (Lipinski definition) is 5. The third kappa shape index (κ3) is 3.00. The van der Waals surface area contributed by atoms with Crippen LogP contribution in [-0.4, -0.2) is 49.6 Å². The van der Waals surface area contributed by atoms with E-state index in [0.717, 1.165) is 6.42 Å². The summed E-state index contributed by atoms with van der Waals surface area (Å²) < 4.78 is 1.53. The molecule has 2 heterocycles. The molecule has 2 aromatic rings. The van der Waals surface area contributed by atoms with Crippen molar-refractivity contribution in [1.82, 2.24) is 14.5 Å². The summed E-state index contributed by atoms with van der Waals surface area (Å²) in [6, 6.07) is 4.43. The number of aromatic nitrogens is 2. The Morgan fingerprint density at radius 2 is 2.29 bits per heavy atom. The topological polar surface area (TPSA) is 102 Å². The Kier molecular flexibility index (Phi) is 4.30. The van der Waals surface area contributed by atoms with Crippen LogP contribution in [0.25, 0.3) is 5.69 Å². The maximum atomic E-state index is 12.6. The lowest BCUT2D eigenvalue weighted by Crippen LogP contribution is -2.30. The highest BCUT2D eigenvalue weighted by Crippen LogP contribution is 2.27. The van der Waals surface area contributed by atoms with Gasteiger partial charge in [-0.25, -0.2) is 4.98 Å². The SMILES string of the molecule is CC(O)C1CCN(C(=O)c2ccc(-n3ccnc3)c([N+](=O)[O-])c2)C1. The van der Waals surface area contributed by atoms with Crippen molar-refractivity contribution in [2.24, 2.45) is 5.92 Å². The zero-order valence-electron chi connectivity index (χ0n) is 13.2. The number of carbonyl (C=O) groups is 1. The molecule has 1 N–H and O–H groups in total. The van der Waals surface area contributed by atoms with E-state index in [2.05, 4.69) is 4.98 Å². The predicted molar refractivity (Wildman–Crippen MR) is 85.9 cm³/mol. The van der Waals surface area contributed by atoms with Gasteiger partial charge in [-0.05, 0) is 25.5 Å². The summed E-state index contributed by atoms with van der Waals surface area (Å²) in [5.74, 6) is -0.201. The second kappa shape index (κ2) is 6.40. The van der Waals surface area contributed by atoms with Gasteiger partial charge in [-0.3, -0.25) is 14.9 Å². The molecule has 2 atom stereocenters. The third-order valence-corrected chi connectivity index (χ3v) is 4.40. The van der Waals surface area contributed by atoms with Crippen LogP contribution in [0.15, 0.2) is 36.9 Å². The summed E-state index contributed by atoms with van der Waals surface area (Å²) in [6.45, 7) is 2.72. The number of nitrogens with zero attached hydrogens (tertiary/aromatic N) is 4. The highest BCUT2D eigenvalue weighted by molar-refractivity contribution is 5.95. The average Bonchev–Trinajstić information content (AvgIpc) is 3.25. The van der Waals surface area contributed by atoms with Crippen LogP contribution in [0, 0.1) is 16.0 Å². The molecule has 2 unspecified atom stereocenters. The van der Waals surface area contributed by atoms with Crippen molar-refractivity contribution < 1.29 is 14.8 Å². The molecule has 3 rings (SSSR count). The fourth-order valence-electron chi connectivity index (χ4n) is 2.97. The number of aliphatic hydroxyl groups excluding tert-OH is 1. The van der Waals surface area contributed by atoms with Crippen molar-refractivity contribution in [1.29, 1.82) is 0 Å². The fourth-order valence-corrected chi connectivity index (χ4v) is 2.97. The molecule has 0 spiro atoms. The number of imidazole rings is 1. The largest absolute Gasteiger partial charge is 0.393 e. The van der Waals surface area contributed by atoms with Gasteiger partial charge in [0.2, 0.25) is 0 Å². The van der Waals surface area contributed by atoms with E-state index < -0.39 is 11.0 Å². The molecule has 126 valence electrons. The first kappa shape index (κ1) is 16.1. The number of nitro groups is 1. The summed E-state index contributed by atoms with van der Waals surface area (Å²) >= 11 is 0. The minimum absolute atomic E-state index is 0.0501. The molecule has 1 aromatic carbocycles. The number of hydrogen-bond donors (Lipinski definition) is 1. The molecule has 24 heavy (non-hydrogen) atoms. The number of nitro benzene ring substituents is 1. The summed E-state index contributed by atoms with van der Waals surface area (Å²) in [5, 5.41) is 21.0. The van der Waals surface area contributed by atoms with E-state index in [4.69, 9.17) is 0 Å². The molecular weight excluding hydrogens is 312 g/mol. The molecular formula is C16H18N4O4. The van der Waals surface area contributed by atoms with Crippen LogP contribution in [-0.2, 0) is 0 Å². The molecule has 0 saturated carbocycles. The second-order valence-electron chi connectivity index (χ2n) is 5.97. The summed E-state index contributed by atoms with van der Waals surface area (Å²) in [6.07, 6.45) is 4.87. The van der Waals surface area contributed by atoms with E-state index in [-0.39, 0.29) is 23.1 Å². The molecule has 1 fully saturated rings. The lowest BCUT2D eigenvalue weighted by molar-refractivity contribution is -0.384. The molecule has 8 nitrogen and oxygen atoms in total. The van der Waals surface area contributed by atoms with Gasteiger partial charge in [0.1, 0.15) is 5.69 Å².